The molecule has 2 rings (SSSR count). The van der Waals surface area contributed by atoms with Crippen molar-refractivity contribution in [2.75, 3.05) is 11.5 Å². The lowest BCUT2D eigenvalue weighted by Crippen LogP contribution is -2.57. The van der Waals surface area contributed by atoms with Crippen LogP contribution in [0.1, 0.15) is 18.7 Å². The van der Waals surface area contributed by atoms with Crippen molar-refractivity contribution in [2.45, 2.75) is 31.8 Å². The van der Waals surface area contributed by atoms with Gasteiger partial charge in [0.05, 0.1) is 0 Å². The average Bonchev–Trinajstić information content (AvgIpc) is 2.81. The lowest BCUT2D eigenvalue weighted by molar-refractivity contribution is -0.389. The minimum Gasteiger partial charge on any atom is -0.480 e. The first-order chi connectivity index (χ1) is 10.3. The molecule has 0 atom stereocenters. The molecule has 1 aliphatic rings. The van der Waals surface area contributed by atoms with E-state index in [4.69, 9.17) is 0 Å². The van der Waals surface area contributed by atoms with Gasteiger partial charge in [0.25, 0.3) is 0 Å². The summed E-state index contributed by atoms with van der Waals surface area (Å²) in [5.41, 5.74) is -1.25. The van der Waals surface area contributed by atoms with Gasteiger partial charge in [-0.25, -0.2) is 4.79 Å². The lowest BCUT2D eigenvalue weighted by Gasteiger charge is -2.33. The maximum absolute atomic E-state index is 12.1. The molecule has 0 radical (unpaired) electrons. The third kappa shape index (κ3) is 3.38. The van der Waals surface area contributed by atoms with Crippen LogP contribution in [0.5, 0.6) is 0 Å². The number of nitro groups is 1. The number of carboxylic acid groups (broad SMARTS) is 1. The first-order valence-electron chi connectivity index (χ1n) is 6.64. The Morgan fingerprint density at radius 1 is 1.55 bits per heavy atom. The van der Waals surface area contributed by atoms with E-state index < -0.39 is 22.3 Å². The number of carboxylic acids is 1. The van der Waals surface area contributed by atoms with Crippen LogP contribution in [0.25, 0.3) is 0 Å². The van der Waals surface area contributed by atoms with Gasteiger partial charge in [-0.1, -0.05) is 0 Å². The van der Waals surface area contributed by atoms with Crippen molar-refractivity contribution in [3.8, 4) is 0 Å². The SMILES string of the molecule is Cc1nc([N+](=O)[O-])cn1CC(=O)NC1(C(=O)O)CCSCC1. The normalized spacial score (nSPS) is 17.0. The molecule has 0 unspecified atom stereocenters. The van der Waals surface area contributed by atoms with Crippen molar-refractivity contribution in [3.63, 3.8) is 0 Å². The number of amides is 1. The van der Waals surface area contributed by atoms with Crippen LogP contribution >= 0.6 is 11.8 Å². The van der Waals surface area contributed by atoms with E-state index in [1.807, 2.05) is 0 Å². The summed E-state index contributed by atoms with van der Waals surface area (Å²) >= 11 is 1.65. The number of hydrogen-bond donors (Lipinski definition) is 2. The predicted octanol–water partition coefficient (Wildman–Crippen LogP) is 0.566. The highest BCUT2D eigenvalue weighted by Crippen LogP contribution is 2.27. The van der Waals surface area contributed by atoms with Crippen molar-refractivity contribution >= 4 is 29.5 Å². The van der Waals surface area contributed by atoms with Crippen molar-refractivity contribution in [1.29, 1.82) is 0 Å². The van der Waals surface area contributed by atoms with Gasteiger partial charge in [0.2, 0.25) is 11.7 Å². The van der Waals surface area contributed by atoms with Crippen LogP contribution in [0.3, 0.4) is 0 Å². The van der Waals surface area contributed by atoms with Gasteiger partial charge in [-0.15, -0.1) is 0 Å². The quantitative estimate of drug-likeness (QED) is 0.597. The molecule has 0 saturated carbocycles. The standard InChI is InChI=1S/C12H16N4O5S/c1-8-13-9(16(20)21)6-15(8)7-10(17)14-12(11(18)19)2-4-22-5-3-12/h6H,2-5,7H2,1H3,(H,14,17)(H,18,19). The highest BCUT2D eigenvalue weighted by atomic mass is 32.2. The highest BCUT2D eigenvalue weighted by molar-refractivity contribution is 7.99. The zero-order valence-corrected chi connectivity index (χ0v) is 12.8. The van der Waals surface area contributed by atoms with E-state index >= 15 is 0 Å². The fourth-order valence-electron chi connectivity index (χ4n) is 2.31. The maximum Gasteiger partial charge on any atom is 0.381 e. The third-order valence-electron chi connectivity index (χ3n) is 3.60. The summed E-state index contributed by atoms with van der Waals surface area (Å²) in [6.45, 7) is 1.35. The molecule has 22 heavy (non-hydrogen) atoms. The zero-order chi connectivity index (χ0) is 16.3. The number of thioether (sulfide) groups is 1. The molecule has 9 nitrogen and oxygen atoms in total. The number of carbonyl (C=O) groups excluding carboxylic acids is 1. The number of hydrogen-bond acceptors (Lipinski definition) is 6. The largest absolute Gasteiger partial charge is 0.480 e. The second-order valence-electron chi connectivity index (χ2n) is 5.08. The third-order valence-corrected chi connectivity index (χ3v) is 4.58. The second kappa shape index (κ2) is 6.34. The summed E-state index contributed by atoms with van der Waals surface area (Å²) in [7, 11) is 0. The Bertz CT molecular complexity index is 609. The highest BCUT2D eigenvalue weighted by Gasteiger charge is 2.41. The van der Waals surface area contributed by atoms with Crippen LogP contribution in [0.4, 0.5) is 5.82 Å². The van der Waals surface area contributed by atoms with E-state index in [9.17, 15) is 24.8 Å². The molecule has 10 heteroatoms. The first kappa shape index (κ1) is 16.3. The summed E-state index contributed by atoms with van der Waals surface area (Å²) in [4.78, 5) is 37.4. The number of aliphatic carboxylic acids is 1. The summed E-state index contributed by atoms with van der Waals surface area (Å²) in [6, 6.07) is 0. The number of nitrogens with zero attached hydrogens (tertiary/aromatic N) is 3. The molecule has 0 bridgehead atoms. The molecule has 0 spiro atoms. The summed E-state index contributed by atoms with van der Waals surface area (Å²) < 4.78 is 1.33. The molecule has 120 valence electrons. The van der Waals surface area contributed by atoms with Crippen molar-refractivity contribution in [3.05, 3.63) is 22.1 Å². The fourth-order valence-corrected chi connectivity index (χ4v) is 3.50. The van der Waals surface area contributed by atoms with E-state index in [1.165, 1.54) is 10.8 Å². The van der Waals surface area contributed by atoms with Gasteiger partial charge in [0, 0.05) is 6.92 Å². The Balaban J connectivity index is 2.08. The van der Waals surface area contributed by atoms with Crippen LogP contribution in [-0.4, -0.2) is 48.5 Å². The lowest BCUT2D eigenvalue weighted by atomic mass is 9.92. The van der Waals surface area contributed by atoms with Gasteiger partial charge < -0.3 is 20.5 Å². The first-order valence-corrected chi connectivity index (χ1v) is 7.80. The van der Waals surface area contributed by atoms with Crippen LogP contribution in [0.2, 0.25) is 0 Å². The number of nitrogens with one attached hydrogen (secondary N) is 1. The summed E-state index contributed by atoms with van der Waals surface area (Å²) in [5.74, 6) is -0.221. The fraction of sp³-hybridized carbons (Fsp3) is 0.583. The molecule has 0 aliphatic carbocycles. The van der Waals surface area contributed by atoms with E-state index in [1.54, 1.807) is 18.7 Å². The molecule has 2 heterocycles. The van der Waals surface area contributed by atoms with Crippen LogP contribution in [0, 0.1) is 17.0 Å². The smallest absolute Gasteiger partial charge is 0.381 e. The van der Waals surface area contributed by atoms with Crippen molar-refractivity contribution in [2.24, 2.45) is 0 Å². The molecule has 1 amide bonds. The summed E-state index contributed by atoms with van der Waals surface area (Å²) in [5, 5.41) is 22.6. The van der Waals surface area contributed by atoms with Gasteiger partial charge in [0.15, 0.2) is 0 Å². The molecular formula is C12H16N4O5S. The molecule has 1 aromatic heterocycles. The Hall–Kier alpha value is -2.10. The predicted molar refractivity (Wildman–Crippen MR) is 78.7 cm³/mol. The number of imidazole rings is 1. The van der Waals surface area contributed by atoms with Crippen molar-refractivity contribution < 1.29 is 19.6 Å². The van der Waals surface area contributed by atoms with E-state index in [0.29, 0.717) is 30.2 Å². The molecule has 0 aromatic carbocycles. The maximum atomic E-state index is 12.1. The van der Waals surface area contributed by atoms with Gasteiger partial charge in [-0.2, -0.15) is 11.8 Å². The number of carbonyl (C=O) groups is 2. The van der Waals surface area contributed by atoms with Crippen LogP contribution in [-0.2, 0) is 16.1 Å². The number of rotatable bonds is 5. The second-order valence-corrected chi connectivity index (χ2v) is 6.30. The van der Waals surface area contributed by atoms with Gasteiger partial charge in [0.1, 0.15) is 18.3 Å². The Labute approximate surface area is 130 Å². The average molecular weight is 328 g/mol. The number of aryl methyl sites for hydroxylation is 1. The Kier molecular flexibility index (Phi) is 4.69. The van der Waals surface area contributed by atoms with Gasteiger partial charge in [-0.05, 0) is 34.3 Å². The molecule has 1 fully saturated rings. The van der Waals surface area contributed by atoms with Crippen molar-refractivity contribution in [1.82, 2.24) is 14.9 Å². The zero-order valence-electron chi connectivity index (χ0n) is 11.9. The molecule has 1 aliphatic heterocycles. The van der Waals surface area contributed by atoms with Gasteiger partial charge in [-0.3, -0.25) is 9.36 Å². The van der Waals surface area contributed by atoms with E-state index in [-0.39, 0.29) is 12.4 Å². The van der Waals surface area contributed by atoms with E-state index in [2.05, 4.69) is 10.3 Å². The Morgan fingerprint density at radius 3 is 2.68 bits per heavy atom. The van der Waals surface area contributed by atoms with Crippen LogP contribution in [0.15, 0.2) is 6.20 Å². The topological polar surface area (TPSA) is 127 Å². The van der Waals surface area contributed by atoms with E-state index in [0.717, 1.165) is 0 Å². The minimum atomic E-state index is -1.25. The van der Waals surface area contributed by atoms with Gasteiger partial charge >= 0.3 is 11.8 Å². The Morgan fingerprint density at radius 2 is 2.18 bits per heavy atom. The molecule has 1 saturated heterocycles. The molecular weight excluding hydrogens is 312 g/mol. The van der Waals surface area contributed by atoms with Crippen LogP contribution < -0.4 is 5.32 Å². The minimum absolute atomic E-state index is 0.200. The molecule has 1 aromatic rings. The number of aromatic nitrogens is 2. The molecule has 2 N–H and O–H groups in total. The monoisotopic (exact) mass is 328 g/mol. The summed E-state index contributed by atoms with van der Waals surface area (Å²) in [6.07, 6.45) is 1.89.